The molecule has 0 bridgehead atoms. The summed E-state index contributed by atoms with van der Waals surface area (Å²) in [4.78, 5) is 0.360. The van der Waals surface area contributed by atoms with Crippen LogP contribution in [0.5, 0.6) is 5.75 Å². The van der Waals surface area contributed by atoms with E-state index in [0.717, 1.165) is 37.9 Å². The molecule has 1 aliphatic rings. The summed E-state index contributed by atoms with van der Waals surface area (Å²) in [7, 11) is -3.38. The molecule has 1 saturated heterocycles. The molecular formula is C16H25NO3S. The van der Waals surface area contributed by atoms with Crippen molar-refractivity contribution in [2.75, 3.05) is 13.2 Å². The molecule has 0 amide bonds. The van der Waals surface area contributed by atoms with Gasteiger partial charge in [0.05, 0.1) is 11.5 Å². The van der Waals surface area contributed by atoms with Gasteiger partial charge in [-0.25, -0.2) is 8.42 Å². The molecule has 0 aliphatic carbocycles. The Labute approximate surface area is 128 Å². The molecule has 1 aliphatic heterocycles. The highest BCUT2D eigenvalue weighted by molar-refractivity contribution is 7.89. The summed E-state index contributed by atoms with van der Waals surface area (Å²) >= 11 is 0. The predicted octanol–water partition coefficient (Wildman–Crippen LogP) is 3.43. The van der Waals surface area contributed by atoms with Crippen molar-refractivity contribution < 1.29 is 13.2 Å². The molecular weight excluding hydrogens is 286 g/mol. The number of nitrogens with zero attached hydrogens (tertiary/aromatic N) is 1. The maximum absolute atomic E-state index is 12.7. The van der Waals surface area contributed by atoms with Gasteiger partial charge in [-0.05, 0) is 50.5 Å². The van der Waals surface area contributed by atoms with Crippen LogP contribution in [0.4, 0.5) is 0 Å². The number of rotatable bonds is 6. The molecule has 4 nitrogen and oxygen atoms in total. The van der Waals surface area contributed by atoms with Crippen molar-refractivity contribution in [2.45, 2.75) is 56.9 Å². The highest BCUT2D eigenvalue weighted by Crippen LogP contribution is 2.26. The number of ether oxygens (including phenoxy) is 1. The van der Waals surface area contributed by atoms with Crippen molar-refractivity contribution in [3.63, 3.8) is 0 Å². The average Bonchev–Trinajstić information content (AvgIpc) is 2.48. The Morgan fingerprint density at radius 1 is 1.24 bits per heavy atom. The lowest BCUT2D eigenvalue weighted by atomic mass is 10.1. The molecule has 0 N–H and O–H groups in total. The lowest BCUT2D eigenvalue weighted by Crippen LogP contribution is -2.41. The Bertz CT molecular complexity index is 539. The van der Waals surface area contributed by atoms with E-state index < -0.39 is 10.0 Å². The predicted molar refractivity (Wildman–Crippen MR) is 84.0 cm³/mol. The van der Waals surface area contributed by atoms with Crippen molar-refractivity contribution >= 4 is 10.0 Å². The Kier molecular flexibility index (Phi) is 5.65. The minimum absolute atomic E-state index is 0.0873. The standard InChI is InChI=1S/C16H25NO3S/c1-3-4-13-20-15-8-10-16(11-9-15)21(18,19)17-12-6-5-7-14(17)2/h8-11,14H,3-7,12-13H2,1-2H3. The van der Waals surface area contributed by atoms with Gasteiger partial charge in [0.25, 0.3) is 0 Å². The highest BCUT2D eigenvalue weighted by Gasteiger charge is 2.30. The average molecular weight is 311 g/mol. The van der Waals surface area contributed by atoms with Gasteiger partial charge < -0.3 is 4.74 Å². The van der Waals surface area contributed by atoms with Gasteiger partial charge in [-0.3, -0.25) is 0 Å². The molecule has 21 heavy (non-hydrogen) atoms. The zero-order valence-corrected chi connectivity index (χ0v) is 13.7. The van der Waals surface area contributed by atoms with Crippen LogP contribution in [0.25, 0.3) is 0 Å². The van der Waals surface area contributed by atoms with Crippen molar-refractivity contribution in [3.8, 4) is 5.75 Å². The summed E-state index contributed by atoms with van der Waals surface area (Å²) in [5.41, 5.74) is 0. The highest BCUT2D eigenvalue weighted by atomic mass is 32.2. The van der Waals surface area contributed by atoms with Gasteiger partial charge in [0.2, 0.25) is 10.0 Å². The molecule has 1 unspecified atom stereocenters. The van der Waals surface area contributed by atoms with E-state index in [2.05, 4.69) is 6.92 Å². The van der Waals surface area contributed by atoms with Crippen LogP contribution in [0.1, 0.15) is 46.0 Å². The van der Waals surface area contributed by atoms with Gasteiger partial charge in [0.15, 0.2) is 0 Å². The van der Waals surface area contributed by atoms with E-state index in [0.29, 0.717) is 18.0 Å². The van der Waals surface area contributed by atoms with Crippen LogP contribution >= 0.6 is 0 Å². The molecule has 0 radical (unpaired) electrons. The first-order valence-corrected chi connectivity index (χ1v) is 9.24. The Morgan fingerprint density at radius 3 is 2.57 bits per heavy atom. The minimum atomic E-state index is -3.38. The topological polar surface area (TPSA) is 46.6 Å². The van der Waals surface area contributed by atoms with Gasteiger partial charge in [0.1, 0.15) is 5.75 Å². The second-order valence-corrected chi connectivity index (χ2v) is 7.52. The van der Waals surface area contributed by atoms with E-state index >= 15 is 0 Å². The third-order valence-corrected chi connectivity index (χ3v) is 5.97. The summed E-state index contributed by atoms with van der Waals surface area (Å²) in [6.45, 7) is 5.39. The van der Waals surface area contributed by atoms with Gasteiger partial charge in [-0.2, -0.15) is 4.31 Å². The molecule has 118 valence electrons. The normalized spacial score (nSPS) is 20.4. The fourth-order valence-corrected chi connectivity index (χ4v) is 4.31. The van der Waals surface area contributed by atoms with E-state index in [4.69, 9.17) is 4.74 Å². The SMILES string of the molecule is CCCCOc1ccc(S(=O)(=O)N2CCCCC2C)cc1. The zero-order valence-electron chi connectivity index (χ0n) is 12.9. The van der Waals surface area contributed by atoms with Crippen molar-refractivity contribution in [1.82, 2.24) is 4.31 Å². The van der Waals surface area contributed by atoms with Crippen molar-refractivity contribution in [2.24, 2.45) is 0 Å². The Hall–Kier alpha value is -1.07. The van der Waals surface area contributed by atoms with E-state index in [-0.39, 0.29) is 6.04 Å². The molecule has 0 spiro atoms. The fourth-order valence-electron chi connectivity index (χ4n) is 2.61. The van der Waals surface area contributed by atoms with E-state index in [1.165, 1.54) is 0 Å². The van der Waals surface area contributed by atoms with Crippen LogP contribution in [0.15, 0.2) is 29.2 Å². The van der Waals surface area contributed by atoms with E-state index in [1.54, 1.807) is 28.6 Å². The quantitative estimate of drug-likeness (QED) is 0.756. The zero-order chi connectivity index (χ0) is 15.3. The summed E-state index contributed by atoms with van der Waals surface area (Å²) in [5, 5.41) is 0. The van der Waals surface area contributed by atoms with Gasteiger partial charge in [0, 0.05) is 12.6 Å². The number of hydrogen-bond donors (Lipinski definition) is 0. The smallest absolute Gasteiger partial charge is 0.243 e. The number of sulfonamides is 1. The van der Waals surface area contributed by atoms with Gasteiger partial charge in [-0.15, -0.1) is 0 Å². The molecule has 1 aromatic carbocycles. The largest absolute Gasteiger partial charge is 0.494 e. The monoisotopic (exact) mass is 311 g/mol. The molecule has 1 atom stereocenters. The molecule has 1 aromatic rings. The minimum Gasteiger partial charge on any atom is -0.494 e. The lowest BCUT2D eigenvalue weighted by Gasteiger charge is -2.32. The summed E-state index contributed by atoms with van der Waals surface area (Å²) in [5.74, 6) is 0.731. The number of piperidine rings is 1. The first-order valence-electron chi connectivity index (χ1n) is 7.80. The second kappa shape index (κ2) is 7.27. The third-order valence-electron chi connectivity index (χ3n) is 3.94. The molecule has 2 rings (SSSR count). The van der Waals surface area contributed by atoms with Crippen LogP contribution in [-0.4, -0.2) is 31.9 Å². The van der Waals surface area contributed by atoms with Gasteiger partial charge in [-0.1, -0.05) is 19.8 Å². The number of benzene rings is 1. The number of hydrogen-bond acceptors (Lipinski definition) is 3. The second-order valence-electron chi connectivity index (χ2n) is 5.63. The van der Waals surface area contributed by atoms with Crippen LogP contribution in [-0.2, 0) is 10.0 Å². The maximum Gasteiger partial charge on any atom is 0.243 e. The molecule has 0 saturated carbocycles. The lowest BCUT2D eigenvalue weighted by molar-refractivity contribution is 0.268. The van der Waals surface area contributed by atoms with Gasteiger partial charge >= 0.3 is 0 Å². The van der Waals surface area contributed by atoms with Crippen LogP contribution in [0.3, 0.4) is 0 Å². The Balaban J connectivity index is 2.09. The molecule has 0 aromatic heterocycles. The van der Waals surface area contributed by atoms with Crippen LogP contribution in [0.2, 0.25) is 0 Å². The van der Waals surface area contributed by atoms with Crippen molar-refractivity contribution in [1.29, 1.82) is 0 Å². The van der Waals surface area contributed by atoms with Crippen molar-refractivity contribution in [3.05, 3.63) is 24.3 Å². The first kappa shape index (κ1) is 16.3. The summed E-state index contributed by atoms with van der Waals surface area (Å²) in [6, 6.07) is 6.88. The molecule has 5 heteroatoms. The molecule has 1 fully saturated rings. The third kappa shape index (κ3) is 3.98. The molecule has 1 heterocycles. The van der Waals surface area contributed by atoms with E-state index in [1.807, 2.05) is 6.92 Å². The van der Waals surface area contributed by atoms with Crippen LogP contribution < -0.4 is 4.74 Å². The summed E-state index contributed by atoms with van der Waals surface area (Å²) in [6.07, 6.45) is 5.08. The Morgan fingerprint density at radius 2 is 1.95 bits per heavy atom. The van der Waals surface area contributed by atoms with E-state index in [9.17, 15) is 8.42 Å². The number of unbranched alkanes of at least 4 members (excludes halogenated alkanes) is 1. The van der Waals surface area contributed by atoms with Crippen LogP contribution in [0, 0.1) is 0 Å². The summed E-state index contributed by atoms with van der Waals surface area (Å²) < 4.78 is 32.5. The fraction of sp³-hybridized carbons (Fsp3) is 0.625. The first-order chi connectivity index (χ1) is 10.1. The maximum atomic E-state index is 12.7.